The van der Waals surface area contributed by atoms with E-state index in [1.807, 2.05) is 45.0 Å². The quantitative estimate of drug-likeness (QED) is 0.318. The highest BCUT2D eigenvalue weighted by atomic mass is 32.2. The van der Waals surface area contributed by atoms with Gasteiger partial charge in [-0.3, -0.25) is 13.9 Å². The van der Waals surface area contributed by atoms with Gasteiger partial charge in [0, 0.05) is 12.6 Å². The van der Waals surface area contributed by atoms with Crippen molar-refractivity contribution >= 4 is 27.5 Å². The van der Waals surface area contributed by atoms with E-state index in [0.717, 1.165) is 21.9 Å². The lowest BCUT2D eigenvalue weighted by Gasteiger charge is -2.33. The third-order valence-electron chi connectivity index (χ3n) is 7.05. The molecule has 1 N–H and O–H groups in total. The maximum atomic E-state index is 14.1. The molecule has 0 heterocycles. The highest BCUT2D eigenvalue weighted by Gasteiger charge is 2.34. The Morgan fingerprint density at radius 1 is 0.902 bits per heavy atom. The van der Waals surface area contributed by atoms with E-state index in [2.05, 4.69) is 5.32 Å². The van der Waals surface area contributed by atoms with Gasteiger partial charge in [-0.15, -0.1) is 0 Å². The maximum Gasteiger partial charge on any atom is 0.264 e. The number of benzene rings is 3. The van der Waals surface area contributed by atoms with Gasteiger partial charge in [0.2, 0.25) is 11.8 Å². The van der Waals surface area contributed by atoms with E-state index >= 15 is 0 Å². The number of hydrogen-bond acceptors (Lipinski definition) is 6. The number of para-hydroxylation sites is 2. The molecule has 10 heteroatoms. The standard InChI is InChI=1S/C31H39N3O6S/c1-7-23(3)32-31(36)24(4)33(20-25-13-9-8-12-22(25)2)30(35)21-34(28-14-10-11-15-29(28)40-6)41(37,38)27-18-16-26(39-5)17-19-27/h8-19,23-24H,7,20-21H2,1-6H3,(H,32,36). The molecule has 2 atom stereocenters. The summed E-state index contributed by atoms with van der Waals surface area (Å²) in [5.41, 5.74) is 2.00. The van der Waals surface area contributed by atoms with Crippen LogP contribution in [-0.4, -0.2) is 58.0 Å². The van der Waals surface area contributed by atoms with Crippen LogP contribution in [0.4, 0.5) is 5.69 Å². The third-order valence-corrected chi connectivity index (χ3v) is 8.82. The molecule has 9 nitrogen and oxygen atoms in total. The number of anilines is 1. The second-order valence-corrected chi connectivity index (χ2v) is 11.7. The van der Waals surface area contributed by atoms with E-state index in [4.69, 9.17) is 9.47 Å². The lowest BCUT2D eigenvalue weighted by molar-refractivity contribution is -0.139. The molecule has 0 radical (unpaired) electrons. The van der Waals surface area contributed by atoms with Crippen LogP contribution in [0.2, 0.25) is 0 Å². The fraction of sp³-hybridized carbons (Fsp3) is 0.355. The first-order chi connectivity index (χ1) is 19.5. The minimum absolute atomic E-state index is 0.0231. The molecule has 41 heavy (non-hydrogen) atoms. The predicted molar refractivity (Wildman–Crippen MR) is 160 cm³/mol. The van der Waals surface area contributed by atoms with Crippen molar-refractivity contribution in [2.75, 3.05) is 25.1 Å². The van der Waals surface area contributed by atoms with Crippen molar-refractivity contribution in [3.05, 3.63) is 83.9 Å². The van der Waals surface area contributed by atoms with Crippen molar-refractivity contribution in [2.24, 2.45) is 0 Å². The number of rotatable bonds is 13. The van der Waals surface area contributed by atoms with Gasteiger partial charge in [-0.2, -0.15) is 0 Å². The average molecular weight is 582 g/mol. The van der Waals surface area contributed by atoms with Gasteiger partial charge in [-0.05, 0) is 74.7 Å². The average Bonchev–Trinajstić information content (AvgIpc) is 2.98. The molecular weight excluding hydrogens is 542 g/mol. The molecule has 0 aliphatic carbocycles. The lowest BCUT2D eigenvalue weighted by Crippen LogP contribution is -2.52. The zero-order valence-electron chi connectivity index (χ0n) is 24.5. The monoisotopic (exact) mass is 581 g/mol. The van der Waals surface area contributed by atoms with Crippen LogP contribution in [0.15, 0.2) is 77.7 Å². The largest absolute Gasteiger partial charge is 0.497 e. The van der Waals surface area contributed by atoms with Gasteiger partial charge < -0.3 is 19.7 Å². The number of aryl methyl sites for hydroxylation is 1. The van der Waals surface area contributed by atoms with Crippen LogP contribution in [0.3, 0.4) is 0 Å². The van der Waals surface area contributed by atoms with Crippen molar-refractivity contribution in [2.45, 2.75) is 57.6 Å². The number of carbonyl (C=O) groups is 2. The Bertz CT molecular complexity index is 1440. The van der Waals surface area contributed by atoms with Crippen LogP contribution in [0.5, 0.6) is 11.5 Å². The first-order valence-corrected chi connectivity index (χ1v) is 14.9. The maximum absolute atomic E-state index is 14.1. The van der Waals surface area contributed by atoms with E-state index in [1.165, 1.54) is 31.3 Å². The van der Waals surface area contributed by atoms with Crippen molar-refractivity contribution in [1.82, 2.24) is 10.2 Å². The number of carbonyl (C=O) groups excluding carboxylic acids is 2. The summed E-state index contributed by atoms with van der Waals surface area (Å²) in [6.45, 7) is 7.00. The summed E-state index contributed by atoms with van der Waals surface area (Å²) in [6, 6.07) is 19.2. The molecule has 2 unspecified atom stereocenters. The Kier molecular flexibility index (Phi) is 10.8. The molecule has 0 saturated carbocycles. The number of sulfonamides is 1. The second kappa shape index (κ2) is 14.0. The minimum Gasteiger partial charge on any atom is -0.497 e. The molecule has 220 valence electrons. The van der Waals surface area contributed by atoms with E-state index in [-0.39, 0.29) is 34.8 Å². The molecule has 3 rings (SSSR count). The minimum atomic E-state index is -4.24. The molecule has 0 bridgehead atoms. The van der Waals surface area contributed by atoms with Gasteiger partial charge >= 0.3 is 0 Å². The fourth-order valence-electron chi connectivity index (χ4n) is 4.24. The smallest absolute Gasteiger partial charge is 0.264 e. The van der Waals surface area contributed by atoms with E-state index in [9.17, 15) is 18.0 Å². The molecule has 3 aromatic carbocycles. The Balaban J connectivity index is 2.08. The van der Waals surface area contributed by atoms with Crippen molar-refractivity contribution in [3.8, 4) is 11.5 Å². The molecule has 0 fully saturated rings. The van der Waals surface area contributed by atoms with E-state index in [0.29, 0.717) is 5.75 Å². The Morgan fingerprint density at radius 2 is 1.54 bits per heavy atom. The molecule has 0 spiro atoms. The number of amides is 2. The van der Waals surface area contributed by atoms with Crippen LogP contribution in [0.25, 0.3) is 0 Å². The Hall–Kier alpha value is -4.05. The molecule has 0 aliphatic heterocycles. The van der Waals surface area contributed by atoms with Gasteiger partial charge in [0.05, 0.1) is 24.8 Å². The zero-order valence-corrected chi connectivity index (χ0v) is 25.3. The highest BCUT2D eigenvalue weighted by Crippen LogP contribution is 2.33. The third kappa shape index (κ3) is 7.58. The van der Waals surface area contributed by atoms with Gasteiger partial charge in [0.25, 0.3) is 10.0 Å². The van der Waals surface area contributed by atoms with Crippen LogP contribution < -0.4 is 19.1 Å². The van der Waals surface area contributed by atoms with Crippen LogP contribution in [0.1, 0.15) is 38.3 Å². The summed E-state index contributed by atoms with van der Waals surface area (Å²) < 4.78 is 39.8. The fourth-order valence-corrected chi connectivity index (χ4v) is 5.67. The van der Waals surface area contributed by atoms with Crippen LogP contribution in [0, 0.1) is 6.92 Å². The summed E-state index contributed by atoms with van der Waals surface area (Å²) >= 11 is 0. The zero-order chi connectivity index (χ0) is 30.2. The Morgan fingerprint density at radius 3 is 2.15 bits per heavy atom. The highest BCUT2D eigenvalue weighted by molar-refractivity contribution is 7.92. The van der Waals surface area contributed by atoms with Gasteiger partial charge in [-0.1, -0.05) is 43.3 Å². The molecule has 0 aliphatic rings. The normalized spacial score (nSPS) is 12.6. The summed E-state index contributed by atoms with van der Waals surface area (Å²) in [4.78, 5) is 28.7. The first kappa shape index (κ1) is 31.5. The molecule has 0 saturated heterocycles. The Labute approximate surface area is 243 Å². The molecule has 3 aromatic rings. The number of ether oxygens (including phenoxy) is 2. The van der Waals surface area contributed by atoms with Gasteiger partial charge in [0.1, 0.15) is 24.1 Å². The second-order valence-electron chi connectivity index (χ2n) is 9.80. The number of nitrogens with zero attached hydrogens (tertiary/aromatic N) is 2. The van der Waals surface area contributed by atoms with Gasteiger partial charge in [0.15, 0.2) is 0 Å². The first-order valence-electron chi connectivity index (χ1n) is 13.5. The van der Waals surface area contributed by atoms with Gasteiger partial charge in [-0.25, -0.2) is 8.42 Å². The number of nitrogens with one attached hydrogen (secondary N) is 1. The molecule has 2 amide bonds. The van der Waals surface area contributed by atoms with E-state index < -0.39 is 28.5 Å². The summed E-state index contributed by atoms with van der Waals surface area (Å²) in [5.74, 6) is -0.0778. The summed E-state index contributed by atoms with van der Waals surface area (Å²) in [7, 11) is -1.31. The predicted octanol–water partition coefficient (Wildman–Crippen LogP) is 4.54. The summed E-state index contributed by atoms with van der Waals surface area (Å²) in [5, 5.41) is 2.94. The van der Waals surface area contributed by atoms with Crippen LogP contribution >= 0.6 is 0 Å². The topological polar surface area (TPSA) is 105 Å². The molecule has 0 aromatic heterocycles. The van der Waals surface area contributed by atoms with Crippen molar-refractivity contribution < 1.29 is 27.5 Å². The van der Waals surface area contributed by atoms with Crippen molar-refractivity contribution in [3.63, 3.8) is 0 Å². The SMILES string of the molecule is CCC(C)NC(=O)C(C)N(Cc1ccccc1C)C(=O)CN(c1ccccc1OC)S(=O)(=O)c1ccc(OC)cc1. The van der Waals surface area contributed by atoms with Crippen molar-refractivity contribution in [1.29, 1.82) is 0 Å². The lowest BCUT2D eigenvalue weighted by atomic mass is 10.1. The number of methoxy groups -OCH3 is 2. The van der Waals surface area contributed by atoms with Crippen LogP contribution in [-0.2, 0) is 26.2 Å². The summed E-state index contributed by atoms with van der Waals surface area (Å²) in [6.07, 6.45) is 0.728. The van der Waals surface area contributed by atoms with E-state index in [1.54, 1.807) is 43.3 Å². The molecular formula is C31H39N3O6S. The number of hydrogen-bond donors (Lipinski definition) is 1.